The molecule has 1 aromatic carbocycles. The molecule has 1 fully saturated rings. The van der Waals surface area contributed by atoms with Crippen molar-refractivity contribution in [2.24, 2.45) is 5.73 Å². The van der Waals surface area contributed by atoms with Crippen molar-refractivity contribution >= 4 is 10.0 Å². The maximum atomic E-state index is 13.3. The zero-order chi connectivity index (χ0) is 14.0. The van der Waals surface area contributed by atoms with E-state index in [1.54, 1.807) is 6.92 Å². The lowest BCUT2D eigenvalue weighted by molar-refractivity contribution is 0.329. The summed E-state index contributed by atoms with van der Waals surface area (Å²) in [7, 11) is -3.72. The smallest absolute Gasteiger partial charge is 0.244 e. The summed E-state index contributed by atoms with van der Waals surface area (Å²) in [5, 5.41) is 0. The van der Waals surface area contributed by atoms with E-state index in [4.69, 9.17) is 5.73 Å². The molecule has 1 heterocycles. The van der Waals surface area contributed by atoms with Crippen LogP contribution in [0.15, 0.2) is 23.1 Å². The maximum Gasteiger partial charge on any atom is 0.244 e. The van der Waals surface area contributed by atoms with E-state index in [0.29, 0.717) is 18.5 Å². The van der Waals surface area contributed by atoms with Gasteiger partial charge < -0.3 is 5.73 Å². The molecular weight excluding hydrogens is 267 g/mol. The van der Waals surface area contributed by atoms with Crippen molar-refractivity contribution in [1.29, 1.82) is 0 Å². The van der Waals surface area contributed by atoms with E-state index in [0.717, 1.165) is 25.3 Å². The highest BCUT2D eigenvalue weighted by atomic mass is 32.2. The van der Waals surface area contributed by atoms with Crippen molar-refractivity contribution in [2.45, 2.75) is 43.7 Å². The van der Waals surface area contributed by atoms with Gasteiger partial charge in [0.1, 0.15) is 5.82 Å². The first-order valence-corrected chi connectivity index (χ1v) is 7.90. The zero-order valence-corrected chi connectivity index (χ0v) is 11.8. The Balaban J connectivity index is 2.43. The van der Waals surface area contributed by atoms with Crippen molar-refractivity contribution in [1.82, 2.24) is 4.31 Å². The second-order valence-electron chi connectivity index (χ2n) is 4.94. The molecule has 1 atom stereocenters. The summed E-state index contributed by atoms with van der Waals surface area (Å²) in [5.41, 5.74) is 6.48. The minimum absolute atomic E-state index is 0.0184. The van der Waals surface area contributed by atoms with Crippen molar-refractivity contribution in [3.8, 4) is 0 Å². The SMILES string of the molecule is Cc1ccc(F)cc1S(=O)(=O)N1CCCCCC1N. The Hall–Kier alpha value is -0.980. The lowest BCUT2D eigenvalue weighted by Gasteiger charge is -2.26. The molecule has 1 aliphatic heterocycles. The molecule has 2 N–H and O–H groups in total. The Bertz CT molecular complexity index is 560. The fourth-order valence-electron chi connectivity index (χ4n) is 2.38. The van der Waals surface area contributed by atoms with Crippen LogP contribution >= 0.6 is 0 Å². The van der Waals surface area contributed by atoms with E-state index in [1.165, 1.54) is 16.4 Å². The van der Waals surface area contributed by atoms with Gasteiger partial charge in [0.2, 0.25) is 10.0 Å². The summed E-state index contributed by atoms with van der Waals surface area (Å²) in [6.07, 6.45) is 2.82. The van der Waals surface area contributed by atoms with E-state index in [9.17, 15) is 12.8 Å². The highest BCUT2D eigenvalue weighted by Gasteiger charge is 2.31. The summed E-state index contributed by atoms with van der Waals surface area (Å²) in [4.78, 5) is 0.0184. The summed E-state index contributed by atoms with van der Waals surface area (Å²) < 4.78 is 39.8. The fourth-order valence-corrected chi connectivity index (χ4v) is 4.20. The Labute approximate surface area is 113 Å². The standard InChI is InChI=1S/C13H19FN2O2S/c1-10-6-7-11(14)9-12(10)19(17,18)16-8-4-2-3-5-13(16)15/h6-7,9,13H,2-5,8,15H2,1H3. The molecule has 0 spiro atoms. The first kappa shape index (κ1) is 14.4. The number of benzene rings is 1. The molecular formula is C13H19FN2O2S. The third-order valence-electron chi connectivity index (χ3n) is 3.49. The molecule has 1 unspecified atom stereocenters. The van der Waals surface area contributed by atoms with Gasteiger partial charge in [-0.3, -0.25) is 0 Å². The lowest BCUT2D eigenvalue weighted by atomic mass is 10.2. The highest BCUT2D eigenvalue weighted by molar-refractivity contribution is 7.89. The van der Waals surface area contributed by atoms with Crippen LogP contribution in [-0.2, 0) is 10.0 Å². The molecule has 1 aliphatic rings. The minimum atomic E-state index is -3.72. The zero-order valence-electron chi connectivity index (χ0n) is 11.0. The van der Waals surface area contributed by atoms with E-state index in [1.807, 2.05) is 0 Å². The highest BCUT2D eigenvalue weighted by Crippen LogP contribution is 2.25. The summed E-state index contributed by atoms with van der Waals surface area (Å²) in [5.74, 6) is -0.549. The number of sulfonamides is 1. The van der Waals surface area contributed by atoms with Crippen molar-refractivity contribution in [2.75, 3.05) is 6.54 Å². The Morgan fingerprint density at radius 3 is 2.79 bits per heavy atom. The number of hydrogen-bond donors (Lipinski definition) is 1. The van der Waals surface area contributed by atoms with Crippen LogP contribution in [-0.4, -0.2) is 25.4 Å². The Morgan fingerprint density at radius 1 is 1.32 bits per heavy atom. The average Bonchev–Trinajstić information content (AvgIpc) is 2.57. The lowest BCUT2D eigenvalue weighted by Crippen LogP contribution is -2.45. The predicted molar refractivity (Wildman–Crippen MR) is 71.5 cm³/mol. The van der Waals surface area contributed by atoms with Gasteiger partial charge in [-0.25, -0.2) is 12.8 Å². The van der Waals surface area contributed by atoms with Gasteiger partial charge in [-0.15, -0.1) is 0 Å². The van der Waals surface area contributed by atoms with Crippen molar-refractivity contribution in [3.63, 3.8) is 0 Å². The Kier molecular flexibility index (Phi) is 4.23. The van der Waals surface area contributed by atoms with Crippen molar-refractivity contribution in [3.05, 3.63) is 29.6 Å². The van der Waals surface area contributed by atoms with Crippen LogP contribution in [0.1, 0.15) is 31.2 Å². The van der Waals surface area contributed by atoms with Crippen LogP contribution in [0.4, 0.5) is 4.39 Å². The number of halogens is 1. The van der Waals surface area contributed by atoms with Crippen LogP contribution in [0, 0.1) is 12.7 Å². The van der Waals surface area contributed by atoms with E-state index in [2.05, 4.69) is 0 Å². The third kappa shape index (κ3) is 2.96. The molecule has 0 aromatic heterocycles. The maximum absolute atomic E-state index is 13.3. The van der Waals surface area contributed by atoms with Gasteiger partial charge in [0.25, 0.3) is 0 Å². The van der Waals surface area contributed by atoms with Gasteiger partial charge in [-0.1, -0.05) is 18.9 Å². The van der Waals surface area contributed by atoms with Gasteiger partial charge in [-0.2, -0.15) is 4.31 Å². The topological polar surface area (TPSA) is 63.4 Å². The molecule has 2 rings (SSSR count). The number of aryl methyl sites for hydroxylation is 1. The first-order chi connectivity index (χ1) is 8.93. The molecule has 0 saturated carbocycles. The molecule has 19 heavy (non-hydrogen) atoms. The predicted octanol–water partition coefficient (Wildman–Crippen LogP) is 1.98. The molecule has 1 aromatic rings. The quantitative estimate of drug-likeness (QED) is 0.904. The van der Waals surface area contributed by atoms with Crippen LogP contribution in [0.25, 0.3) is 0 Å². The average molecular weight is 286 g/mol. The molecule has 6 heteroatoms. The first-order valence-electron chi connectivity index (χ1n) is 6.46. The van der Waals surface area contributed by atoms with Crippen LogP contribution in [0.2, 0.25) is 0 Å². The second-order valence-corrected chi connectivity index (χ2v) is 6.80. The number of hydrogen-bond acceptors (Lipinski definition) is 3. The molecule has 1 saturated heterocycles. The van der Waals surface area contributed by atoms with E-state index >= 15 is 0 Å². The van der Waals surface area contributed by atoms with Crippen LogP contribution < -0.4 is 5.73 Å². The molecule has 4 nitrogen and oxygen atoms in total. The normalized spacial score (nSPS) is 22.2. The van der Waals surface area contributed by atoms with E-state index < -0.39 is 22.0 Å². The summed E-state index contributed by atoms with van der Waals surface area (Å²) in [6, 6.07) is 3.81. The Morgan fingerprint density at radius 2 is 2.05 bits per heavy atom. The van der Waals surface area contributed by atoms with Gasteiger partial charge in [-0.05, 0) is 37.5 Å². The minimum Gasteiger partial charge on any atom is -0.315 e. The van der Waals surface area contributed by atoms with Gasteiger partial charge in [0, 0.05) is 6.54 Å². The molecule has 0 aliphatic carbocycles. The van der Waals surface area contributed by atoms with Crippen molar-refractivity contribution < 1.29 is 12.8 Å². The van der Waals surface area contributed by atoms with Crippen LogP contribution in [0.5, 0.6) is 0 Å². The summed E-state index contributed by atoms with van der Waals surface area (Å²) in [6.45, 7) is 2.06. The van der Waals surface area contributed by atoms with Gasteiger partial charge >= 0.3 is 0 Å². The number of nitrogens with zero attached hydrogens (tertiary/aromatic N) is 1. The monoisotopic (exact) mass is 286 g/mol. The molecule has 0 bridgehead atoms. The number of nitrogens with two attached hydrogens (primary N) is 1. The van der Waals surface area contributed by atoms with Gasteiger partial charge in [0.05, 0.1) is 11.1 Å². The third-order valence-corrected chi connectivity index (χ3v) is 5.55. The summed E-state index contributed by atoms with van der Waals surface area (Å²) >= 11 is 0. The van der Waals surface area contributed by atoms with E-state index in [-0.39, 0.29) is 4.90 Å². The number of rotatable bonds is 2. The second kappa shape index (κ2) is 5.56. The largest absolute Gasteiger partial charge is 0.315 e. The van der Waals surface area contributed by atoms with Crippen LogP contribution in [0.3, 0.4) is 0 Å². The molecule has 0 radical (unpaired) electrons. The molecule has 0 amide bonds. The fraction of sp³-hybridized carbons (Fsp3) is 0.538. The molecule has 106 valence electrons. The van der Waals surface area contributed by atoms with Gasteiger partial charge in [0.15, 0.2) is 0 Å².